The first kappa shape index (κ1) is 29.9. The lowest BCUT2D eigenvalue weighted by molar-refractivity contribution is -0.184. The highest BCUT2D eigenvalue weighted by Gasteiger charge is 2.64. The van der Waals surface area contributed by atoms with Crippen LogP contribution in [0.5, 0.6) is 5.75 Å². The van der Waals surface area contributed by atoms with Gasteiger partial charge in [0.2, 0.25) is 0 Å². The molecule has 4 atom stereocenters. The first-order valence-corrected chi connectivity index (χ1v) is 15.1. The summed E-state index contributed by atoms with van der Waals surface area (Å²) in [5, 5.41) is 22.9. The zero-order valence-corrected chi connectivity index (χ0v) is 25.0. The Bertz CT molecular complexity index is 1760. The van der Waals surface area contributed by atoms with Crippen LogP contribution >= 0.6 is 0 Å². The third-order valence-corrected chi connectivity index (χ3v) is 9.17. The molecule has 44 heavy (non-hydrogen) atoms. The lowest BCUT2D eigenvalue weighted by Crippen LogP contribution is -2.65. The standard InChI is InChI=1S/C35H38N2O7/c1-3-21(12-14-39)33(41)44-34(2)18-23-7-4-5-9-27(23)31(24-10-11-30(36)37-20-24)35(34)19-26-16-25-15-22(8-6-13-38)32(40)42-28(25)17-29(26)43-35/h3-5,7,9-11,15-17,20,30-31,37-39H,6,8,12-14,18-19,36H2,1-2H3/b21-3+/t30?,31-,34+,35-/m1/s1. The molecule has 230 valence electrons. The summed E-state index contributed by atoms with van der Waals surface area (Å²) in [6.45, 7) is 3.48. The smallest absolute Gasteiger partial charge is 0.339 e. The molecule has 3 aliphatic rings. The number of ether oxygens (including phenoxy) is 2. The second-order valence-corrected chi connectivity index (χ2v) is 12.0. The molecule has 0 bridgehead atoms. The summed E-state index contributed by atoms with van der Waals surface area (Å²) in [7, 11) is 0. The summed E-state index contributed by atoms with van der Waals surface area (Å²) >= 11 is 0. The van der Waals surface area contributed by atoms with Crippen LogP contribution in [0, 0.1) is 0 Å². The van der Waals surface area contributed by atoms with Crippen LogP contribution in [-0.2, 0) is 28.8 Å². The van der Waals surface area contributed by atoms with Gasteiger partial charge < -0.3 is 35.2 Å². The molecule has 5 N–H and O–H groups in total. The van der Waals surface area contributed by atoms with E-state index >= 15 is 0 Å². The number of allylic oxidation sites excluding steroid dienone is 2. The van der Waals surface area contributed by atoms with Gasteiger partial charge >= 0.3 is 11.6 Å². The maximum Gasteiger partial charge on any atom is 0.339 e. The Morgan fingerprint density at radius 1 is 1.16 bits per heavy atom. The fourth-order valence-corrected chi connectivity index (χ4v) is 6.95. The number of nitrogens with one attached hydrogen (secondary N) is 1. The minimum Gasteiger partial charge on any atom is -0.481 e. The number of esters is 1. The molecule has 3 heterocycles. The SMILES string of the molecule is C/C=C(\CCO)C(=O)O[C@@]1(C)Cc2ccccc2[C@@H](C2=CNC(N)C=C2)[C@]12Cc1cc3cc(CCCO)c(=O)oc3cc1O2. The summed E-state index contributed by atoms with van der Waals surface area (Å²) in [6.07, 6.45) is 9.00. The highest BCUT2D eigenvalue weighted by molar-refractivity contribution is 5.89. The van der Waals surface area contributed by atoms with Gasteiger partial charge in [0.25, 0.3) is 0 Å². The third kappa shape index (κ3) is 5.04. The van der Waals surface area contributed by atoms with Gasteiger partial charge in [-0.15, -0.1) is 0 Å². The fraction of sp³-hybridized carbons (Fsp3) is 0.371. The highest BCUT2D eigenvalue weighted by Crippen LogP contribution is 2.58. The molecule has 0 fully saturated rings. The average molecular weight is 599 g/mol. The average Bonchev–Trinajstić information content (AvgIpc) is 3.38. The summed E-state index contributed by atoms with van der Waals surface area (Å²) in [4.78, 5) is 26.4. The van der Waals surface area contributed by atoms with E-state index in [9.17, 15) is 19.8 Å². The van der Waals surface area contributed by atoms with Crippen LogP contribution in [0.4, 0.5) is 0 Å². The minimum absolute atomic E-state index is 0.0184. The van der Waals surface area contributed by atoms with Crippen molar-refractivity contribution in [2.24, 2.45) is 5.73 Å². The van der Waals surface area contributed by atoms with E-state index in [0.29, 0.717) is 48.2 Å². The molecule has 0 saturated carbocycles. The quantitative estimate of drug-likeness (QED) is 0.173. The monoisotopic (exact) mass is 598 g/mol. The molecule has 9 heteroatoms. The van der Waals surface area contributed by atoms with Crippen LogP contribution in [-0.4, -0.2) is 46.8 Å². The van der Waals surface area contributed by atoms with E-state index in [0.717, 1.165) is 27.6 Å². The number of hydrogen-bond donors (Lipinski definition) is 4. The van der Waals surface area contributed by atoms with Crippen molar-refractivity contribution < 1.29 is 28.9 Å². The van der Waals surface area contributed by atoms with Crippen LogP contribution in [0.2, 0.25) is 0 Å². The number of benzene rings is 2. The first-order chi connectivity index (χ1) is 21.2. The van der Waals surface area contributed by atoms with Gasteiger partial charge in [-0.2, -0.15) is 0 Å². The summed E-state index contributed by atoms with van der Waals surface area (Å²) < 4.78 is 19.3. The van der Waals surface area contributed by atoms with Crippen LogP contribution < -0.4 is 21.4 Å². The van der Waals surface area contributed by atoms with Crippen molar-refractivity contribution in [2.75, 3.05) is 13.2 Å². The van der Waals surface area contributed by atoms with E-state index in [2.05, 4.69) is 17.4 Å². The van der Waals surface area contributed by atoms with Crippen molar-refractivity contribution in [2.45, 2.75) is 69.2 Å². The van der Waals surface area contributed by atoms with Crippen LogP contribution in [0.15, 0.2) is 87.3 Å². The van der Waals surface area contributed by atoms with Crippen molar-refractivity contribution in [1.82, 2.24) is 5.32 Å². The number of dihydropyridines is 1. The van der Waals surface area contributed by atoms with E-state index in [1.54, 1.807) is 19.1 Å². The molecule has 2 aliphatic heterocycles. The second kappa shape index (κ2) is 11.7. The van der Waals surface area contributed by atoms with Gasteiger partial charge in [0.15, 0.2) is 11.2 Å². The minimum atomic E-state index is -1.15. The molecule has 3 aromatic rings. The lowest BCUT2D eigenvalue weighted by Gasteiger charge is -2.53. The van der Waals surface area contributed by atoms with Gasteiger partial charge in [0.05, 0.1) is 12.1 Å². The van der Waals surface area contributed by atoms with Crippen molar-refractivity contribution in [3.05, 3.63) is 111 Å². The van der Waals surface area contributed by atoms with Gasteiger partial charge in [0.1, 0.15) is 11.3 Å². The van der Waals surface area contributed by atoms with Crippen LogP contribution in [0.3, 0.4) is 0 Å². The van der Waals surface area contributed by atoms with E-state index in [4.69, 9.17) is 19.6 Å². The molecule has 9 nitrogen and oxygen atoms in total. The van der Waals surface area contributed by atoms with Crippen molar-refractivity contribution in [3.8, 4) is 5.75 Å². The highest BCUT2D eigenvalue weighted by atomic mass is 16.6. The fourth-order valence-electron chi connectivity index (χ4n) is 6.95. The number of rotatable bonds is 8. The van der Waals surface area contributed by atoms with Crippen LogP contribution in [0.25, 0.3) is 11.0 Å². The number of aliphatic hydroxyl groups is 2. The van der Waals surface area contributed by atoms with Gasteiger partial charge in [-0.05, 0) is 67.2 Å². The number of aryl methyl sites for hydroxylation is 1. The molecule has 1 unspecified atom stereocenters. The predicted octanol–water partition coefficient (Wildman–Crippen LogP) is 3.69. The predicted molar refractivity (Wildman–Crippen MR) is 166 cm³/mol. The number of nitrogens with two attached hydrogens (primary N) is 1. The Morgan fingerprint density at radius 2 is 1.98 bits per heavy atom. The van der Waals surface area contributed by atoms with Crippen LogP contribution in [0.1, 0.15) is 54.9 Å². The maximum absolute atomic E-state index is 13.7. The number of carbonyl (C=O) groups excluding carboxylic acids is 1. The van der Waals surface area contributed by atoms with Crippen molar-refractivity contribution in [1.29, 1.82) is 0 Å². The Kier molecular flexibility index (Phi) is 7.96. The van der Waals surface area contributed by atoms with Gasteiger partial charge in [-0.3, -0.25) is 0 Å². The summed E-state index contributed by atoms with van der Waals surface area (Å²) in [5.41, 5.74) is 8.66. The Morgan fingerprint density at radius 3 is 2.70 bits per heavy atom. The van der Waals surface area contributed by atoms with E-state index < -0.39 is 22.8 Å². The number of carbonyl (C=O) groups is 1. The van der Waals surface area contributed by atoms with E-state index in [1.807, 2.05) is 49.5 Å². The van der Waals surface area contributed by atoms with Gasteiger partial charge in [0, 0.05) is 61.3 Å². The number of fused-ring (bicyclic) bond motifs is 3. The molecule has 6 rings (SSSR count). The Balaban J connectivity index is 1.53. The first-order valence-electron chi connectivity index (χ1n) is 15.1. The number of hydrogen-bond acceptors (Lipinski definition) is 9. The molecule has 1 aliphatic carbocycles. The second-order valence-electron chi connectivity index (χ2n) is 12.0. The van der Waals surface area contributed by atoms with E-state index in [-0.39, 0.29) is 31.7 Å². The molecular formula is C35H38N2O7. The number of aliphatic hydroxyl groups excluding tert-OH is 2. The molecule has 1 spiro atoms. The van der Waals surface area contributed by atoms with Gasteiger partial charge in [-0.1, -0.05) is 36.4 Å². The maximum atomic E-state index is 13.7. The Hall–Kier alpha value is -4.18. The molecule has 0 amide bonds. The zero-order valence-electron chi connectivity index (χ0n) is 25.0. The van der Waals surface area contributed by atoms with Gasteiger partial charge in [-0.25, -0.2) is 9.59 Å². The normalized spacial score (nSPS) is 25.7. The van der Waals surface area contributed by atoms with Crippen molar-refractivity contribution in [3.63, 3.8) is 0 Å². The largest absolute Gasteiger partial charge is 0.481 e. The molecule has 0 saturated heterocycles. The molecular weight excluding hydrogens is 560 g/mol. The zero-order chi connectivity index (χ0) is 31.1. The molecule has 0 radical (unpaired) electrons. The summed E-state index contributed by atoms with van der Waals surface area (Å²) in [5.74, 6) is -0.308. The molecule has 2 aromatic carbocycles. The Labute approximate surface area is 255 Å². The van der Waals surface area contributed by atoms with Crippen molar-refractivity contribution >= 4 is 16.9 Å². The van der Waals surface area contributed by atoms with E-state index in [1.165, 1.54) is 0 Å². The third-order valence-electron chi connectivity index (χ3n) is 9.17. The topological polar surface area (TPSA) is 144 Å². The molecule has 1 aromatic heterocycles. The lowest BCUT2D eigenvalue weighted by atomic mass is 9.59. The summed E-state index contributed by atoms with van der Waals surface area (Å²) in [6, 6.07) is 13.7.